The second kappa shape index (κ2) is 5.61. The summed E-state index contributed by atoms with van der Waals surface area (Å²) < 4.78 is 5.55. The molecule has 0 aliphatic rings. The lowest BCUT2D eigenvalue weighted by molar-refractivity contribution is -0.385. The number of rotatable bonds is 4. The van der Waals surface area contributed by atoms with Crippen molar-refractivity contribution in [2.45, 2.75) is 0 Å². The second-order valence-electron chi connectivity index (χ2n) is 3.46. The molecule has 2 rings (SSSR count). The van der Waals surface area contributed by atoms with Gasteiger partial charge in [-0.2, -0.15) is 0 Å². The molecule has 0 saturated heterocycles. The Morgan fingerprint density at radius 2 is 2.05 bits per heavy atom. The summed E-state index contributed by atoms with van der Waals surface area (Å²) in [5, 5.41) is 19.9. The first-order valence-electron chi connectivity index (χ1n) is 5.15. The summed E-state index contributed by atoms with van der Waals surface area (Å²) in [7, 11) is 0. The van der Waals surface area contributed by atoms with Crippen LogP contribution in [0, 0.1) is 10.1 Å². The lowest BCUT2D eigenvalue weighted by atomic mass is 10.3. The van der Waals surface area contributed by atoms with Gasteiger partial charge in [0.05, 0.1) is 9.40 Å². The molecule has 1 N–H and O–H groups in total. The Kier molecular flexibility index (Phi) is 3.89. The lowest BCUT2D eigenvalue weighted by Gasteiger charge is -2.08. The molecule has 9 heteroatoms. The molecule has 0 spiro atoms. The minimum absolute atomic E-state index is 0.138. The molecule has 0 bridgehead atoms. The summed E-state index contributed by atoms with van der Waals surface area (Å²) in [6.07, 6.45) is 2.41. The van der Waals surface area contributed by atoms with Crippen molar-refractivity contribution in [3.05, 3.63) is 50.9 Å². The first kappa shape index (κ1) is 13.9. The number of carboxylic acids is 1. The zero-order valence-corrected chi connectivity index (χ0v) is 11.3. The van der Waals surface area contributed by atoms with E-state index in [-0.39, 0.29) is 17.3 Å². The predicted molar refractivity (Wildman–Crippen MR) is 69.9 cm³/mol. The van der Waals surface area contributed by atoms with E-state index in [1.807, 2.05) is 0 Å². The number of nitro groups is 1. The normalized spacial score (nSPS) is 10.1. The molecule has 0 fully saturated rings. The first-order valence-corrected chi connectivity index (χ1v) is 5.95. The highest BCUT2D eigenvalue weighted by molar-refractivity contribution is 9.10. The predicted octanol–water partition coefficient (Wildman–Crippen LogP) is 2.64. The van der Waals surface area contributed by atoms with E-state index in [1.165, 1.54) is 30.6 Å². The molecule has 0 unspecified atom stereocenters. The molecule has 0 amide bonds. The highest BCUT2D eigenvalue weighted by atomic mass is 79.9. The van der Waals surface area contributed by atoms with Crippen molar-refractivity contribution in [3.8, 4) is 11.6 Å². The standard InChI is InChI=1S/C11H6BrN3O5/c12-6-2-1-3-7(15(18)19)9(6)20-10-8(11(16)17)13-4-5-14-10/h1-5H,(H,16,17). The van der Waals surface area contributed by atoms with E-state index in [0.29, 0.717) is 4.47 Å². The van der Waals surface area contributed by atoms with Crippen molar-refractivity contribution < 1.29 is 19.6 Å². The first-order chi connectivity index (χ1) is 9.50. The van der Waals surface area contributed by atoms with Crippen LogP contribution in [0.5, 0.6) is 11.6 Å². The maximum absolute atomic E-state index is 11.0. The van der Waals surface area contributed by atoms with E-state index < -0.39 is 16.6 Å². The molecule has 20 heavy (non-hydrogen) atoms. The smallest absolute Gasteiger partial charge is 0.360 e. The lowest BCUT2D eigenvalue weighted by Crippen LogP contribution is -2.05. The average Bonchev–Trinajstić information content (AvgIpc) is 2.41. The molecule has 1 aromatic carbocycles. The molecule has 0 atom stereocenters. The number of hydrogen-bond donors (Lipinski definition) is 1. The quantitative estimate of drug-likeness (QED) is 0.672. The Morgan fingerprint density at radius 1 is 1.35 bits per heavy atom. The van der Waals surface area contributed by atoms with Gasteiger partial charge < -0.3 is 9.84 Å². The summed E-state index contributed by atoms with van der Waals surface area (Å²) in [6, 6.07) is 4.22. The van der Waals surface area contributed by atoms with E-state index in [0.717, 1.165) is 0 Å². The minimum Gasteiger partial charge on any atom is -0.476 e. The van der Waals surface area contributed by atoms with Crippen molar-refractivity contribution in [2.75, 3.05) is 0 Å². The van der Waals surface area contributed by atoms with Crippen molar-refractivity contribution in [1.29, 1.82) is 0 Å². The van der Waals surface area contributed by atoms with Crippen LogP contribution in [0.15, 0.2) is 35.1 Å². The average molecular weight is 340 g/mol. The highest BCUT2D eigenvalue weighted by Crippen LogP contribution is 2.37. The molecule has 0 radical (unpaired) electrons. The zero-order chi connectivity index (χ0) is 14.7. The van der Waals surface area contributed by atoms with Gasteiger partial charge in [-0.1, -0.05) is 6.07 Å². The molecule has 0 aliphatic carbocycles. The number of carbonyl (C=O) groups is 1. The van der Waals surface area contributed by atoms with Gasteiger partial charge >= 0.3 is 11.7 Å². The summed E-state index contributed by atoms with van der Waals surface area (Å²) in [4.78, 5) is 28.6. The third-order valence-corrected chi connectivity index (χ3v) is 2.83. The van der Waals surface area contributed by atoms with Crippen molar-refractivity contribution in [1.82, 2.24) is 9.97 Å². The Labute approximate surface area is 120 Å². The van der Waals surface area contributed by atoms with Crippen LogP contribution in [0.4, 0.5) is 5.69 Å². The van der Waals surface area contributed by atoms with Crippen LogP contribution >= 0.6 is 15.9 Å². The van der Waals surface area contributed by atoms with Gasteiger partial charge in [0.15, 0.2) is 0 Å². The fourth-order valence-corrected chi connectivity index (χ4v) is 1.82. The monoisotopic (exact) mass is 339 g/mol. The van der Waals surface area contributed by atoms with E-state index >= 15 is 0 Å². The topological polar surface area (TPSA) is 115 Å². The maximum Gasteiger partial charge on any atom is 0.360 e. The number of halogens is 1. The van der Waals surface area contributed by atoms with Crippen LogP contribution in [0.1, 0.15) is 10.5 Å². The van der Waals surface area contributed by atoms with E-state index in [2.05, 4.69) is 25.9 Å². The zero-order valence-electron chi connectivity index (χ0n) is 9.69. The van der Waals surface area contributed by atoms with Gasteiger partial charge in [-0.25, -0.2) is 14.8 Å². The van der Waals surface area contributed by atoms with Crippen LogP contribution in [-0.4, -0.2) is 26.0 Å². The van der Waals surface area contributed by atoms with Crippen LogP contribution in [0.2, 0.25) is 0 Å². The molecular formula is C11H6BrN3O5. The Morgan fingerprint density at radius 3 is 2.70 bits per heavy atom. The van der Waals surface area contributed by atoms with Crippen molar-refractivity contribution in [2.24, 2.45) is 0 Å². The van der Waals surface area contributed by atoms with Crippen molar-refractivity contribution >= 4 is 27.6 Å². The number of aromatic nitrogens is 2. The summed E-state index contributed by atoms with van der Waals surface area (Å²) in [5.41, 5.74) is -0.751. The molecule has 0 saturated carbocycles. The fourth-order valence-electron chi connectivity index (χ4n) is 1.39. The fraction of sp³-hybridized carbons (Fsp3) is 0. The van der Waals surface area contributed by atoms with Gasteiger partial charge in [0.1, 0.15) is 0 Å². The van der Waals surface area contributed by atoms with Gasteiger partial charge in [-0.15, -0.1) is 0 Å². The number of carboxylic acid groups (broad SMARTS) is 1. The number of ether oxygens (including phenoxy) is 1. The van der Waals surface area contributed by atoms with Gasteiger partial charge in [0, 0.05) is 18.5 Å². The van der Waals surface area contributed by atoms with Crippen LogP contribution in [0.3, 0.4) is 0 Å². The number of para-hydroxylation sites is 1. The van der Waals surface area contributed by atoms with E-state index in [1.54, 1.807) is 0 Å². The number of benzene rings is 1. The van der Waals surface area contributed by atoms with Crippen molar-refractivity contribution in [3.63, 3.8) is 0 Å². The van der Waals surface area contributed by atoms with Crippen LogP contribution in [-0.2, 0) is 0 Å². The minimum atomic E-state index is -1.34. The molecule has 102 valence electrons. The summed E-state index contributed by atoms with van der Waals surface area (Å²) >= 11 is 3.11. The molecule has 8 nitrogen and oxygen atoms in total. The second-order valence-corrected chi connectivity index (χ2v) is 4.32. The molecule has 2 aromatic rings. The van der Waals surface area contributed by atoms with Crippen LogP contribution in [0.25, 0.3) is 0 Å². The molecule has 1 aromatic heterocycles. The number of nitro benzene ring substituents is 1. The number of hydrogen-bond acceptors (Lipinski definition) is 6. The van der Waals surface area contributed by atoms with Crippen LogP contribution < -0.4 is 4.74 Å². The van der Waals surface area contributed by atoms with E-state index in [4.69, 9.17) is 9.84 Å². The SMILES string of the molecule is O=C(O)c1nccnc1Oc1c(Br)cccc1[N+](=O)[O-]. The maximum atomic E-state index is 11.0. The van der Waals surface area contributed by atoms with E-state index in [9.17, 15) is 14.9 Å². The van der Waals surface area contributed by atoms with Gasteiger partial charge in [-0.3, -0.25) is 10.1 Å². The highest BCUT2D eigenvalue weighted by Gasteiger charge is 2.22. The summed E-state index contributed by atoms with van der Waals surface area (Å²) in [5.74, 6) is -1.81. The third kappa shape index (κ3) is 2.72. The Bertz CT molecular complexity index is 692. The molecule has 1 heterocycles. The Hall–Kier alpha value is -2.55. The molecule has 0 aliphatic heterocycles. The summed E-state index contributed by atoms with van der Waals surface area (Å²) in [6.45, 7) is 0. The van der Waals surface area contributed by atoms with Gasteiger partial charge in [0.2, 0.25) is 11.4 Å². The largest absolute Gasteiger partial charge is 0.476 e. The molecular weight excluding hydrogens is 334 g/mol. The van der Waals surface area contributed by atoms with Gasteiger partial charge in [-0.05, 0) is 22.0 Å². The number of aromatic carboxylic acids is 1. The third-order valence-electron chi connectivity index (χ3n) is 2.21. The number of nitrogens with zero attached hydrogens (tertiary/aromatic N) is 3. The van der Waals surface area contributed by atoms with Gasteiger partial charge in [0.25, 0.3) is 5.88 Å². The Balaban J connectivity index is 2.51.